The van der Waals surface area contributed by atoms with Crippen LogP contribution in [0.2, 0.25) is 0 Å². The third-order valence-electron chi connectivity index (χ3n) is 5.47. The molecule has 2 heterocycles. The molecule has 0 saturated heterocycles. The maximum atomic E-state index is 13.0. The summed E-state index contributed by atoms with van der Waals surface area (Å²) < 4.78 is 17.5. The summed E-state index contributed by atoms with van der Waals surface area (Å²) in [5.41, 5.74) is 1.61. The first-order valence-electron chi connectivity index (χ1n) is 10.1. The minimum Gasteiger partial charge on any atom is -0.493 e. The van der Waals surface area contributed by atoms with Crippen LogP contribution in [0.4, 0.5) is 5.69 Å². The van der Waals surface area contributed by atoms with Gasteiger partial charge in [-0.1, -0.05) is 0 Å². The molecule has 0 bridgehead atoms. The molecule has 1 N–H and O–H groups in total. The zero-order valence-electron chi connectivity index (χ0n) is 17.8. The van der Waals surface area contributed by atoms with E-state index in [-0.39, 0.29) is 24.4 Å². The van der Waals surface area contributed by atoms with E-state index in [1.54, 1.807) is 29.8 Å². The molecule has 4 rings (SSSR count). The maximum Gasteiger partial charge on any atom is 0.262 e. The van der Waals surface area contributed by atoms with Gasteiger partial charge in [-0.15, -0.1) is 11.3 Å². The van der Waals surface area contributed by atoms with Crippen LogP contribution in [-0.2, 0) is 24.2 Å². The monoisotopic (exact) mass is 443 g/mol. The van der Waals surface area contributed by atoms with Crippen LogP contribution in [0.1, 0.15) is 29.7 Å². The molecule has 0 saturated carbocycles. The van der Waals surface area contributed by atoms with Gasteiger partial charge in [0.1, 0.15) is 4.83 Å². The van der Waals surface area contributed by atoms with Crippen LogP contribution in [0.3, 0.4) is 0 Å². The molecule has 1 amide bonds. The van der Waals surface area contributed by atoms with Crippen molar-refractivity contribution >= 4 is 33.1 Å². The Morgan fingerprint density at radius 1 is 1.13 bits per heavy atom. The summed E-state index contributed by atoms with van der Waals surface area (Å²) in [4.78, 5) is 32.1. The summed E-state index contributed by atoms with van der Waals surface area (Å²) in [5, 5.41) is 3.56. The number of ether oxygens (including phenoxy) is 3. The molecule has 1 aliphatic carbocycles. The average molecular weight is 444 g/mol. The lowest BCUT2D eigenvalue weighted by atomic mass is 9.97. The van der Waals surface area contributed by atoms with Crippen LogP contribution < -0.4 is 25.1 Å². The number of methoxy groups -OCH3 is 3. The number of hydrogen-bond acceptors (Lipinski definition) is 7. The number of hydrogen-bond donors (Lipinski definition) is 1. The normalized spacial score (nSPS) is 13.0. The van der Waals surface area contributed by atoms with Crippen LogP contribution in [0, 0.1) is 0 Å². The minimum absolute atomic E-state index is 0.0648. The van der Waals surface area contributed by atoms with Gasteiger partial charge in [0.25, 0.3) is 5.56 Å². The molecule has 0 fully saturated rings. The molecular weight excluding hydrogens is 418 g/mol. The number of carbonyl (C=O) groups excluding carboxylic acids is 1. The highest BCUT2D eigenvalue weighted by atomic mass is 32.1. The molecule has 8 nitrogen and oxygen atoms in total. The highest BCUT2D eigenvalue weighted by Crippen LogP contribution is 2.40. The van der Waals surface area contributed by atoms with Gasteiger partial charge in [0.15, 0.2) is 11.5 Å². The second kappa shape index (κ2) is 8.97. The Kier molecular flexibility index (Phi) is 6.13. The molecule has 1 aromatic carbocycles. The van der Waals surface area contributed by atoms with E-state index >= 15 is 0 Å². The zero-order valence-corrected chi connectivity index (χ0v) is 18.6. The zero-order chi connectivity index (χ0) is 22.0. The van der Waals surface area contributed by atoms with Crippen molar-refractivity contribution in [2.75, 3.05) is 26.6 Å². The number of fused-ring (bicyclic) bond motifs is 3. The predicted octanol–water partition coefficient (Wildman–Crippen LogP) is 3.39. The Hall–Kier alpha value is -3.07. The lowest BCUT2D eigenvalue weighted by Gasteiger charge is -2.14. The van der Waals surface area contributed by atoms with Crippen LogP contribution >= 0.6 is 11.3 Å². The summed E-state index contributed by atoms with van der Waals surface area (Å²) in [7, 11) is 4.55. The van der Waals surface area contributed by atoms with E-state index in [0.717, 1.165) is 41.5 Å². The van der Waals surface area contributed by atoms with Crippen molar-refractivity contribution in [2.24, 2.45) is 0 Å². The summed E-state index contributed by atoms with van der Waals surface area (Å²) in [6.07, 6.45) is 5.89. The van der Waals surface area contributed by atoms with Crippen molar-refractivity contribution in [3.8, 4) is 17.2 Å². The van der Waals surface area contributed by atoms with E-state index in [0.29, 0.717) is 22.9 Å². The third-order valence-corrected chi connectivity index (χ3v) is 6.67. The molecule has 0 aliphatic heterocycles. The number of anilines is 1. The van der Waals surface area contributed by atoms with Crippen LogP contribution in [0.5, 0.6) is 17.2 Å². The molecule has 2 aromatic heterocycles. The Morgan fingerprint density at radius 3 is 2.52 bits per heavy atom. The number of benzene rings is 1. The van der Waals surface area contributed by atoms with Crippen molar-refractivity contribution in [1.82, 2.24) is 9.55 Å². The van der Waals surface area contributed by atoms with Gasteiger partial charge in [0, 0.05) is 35.7 Å². The van der Waals surface area contributed by atoms with E-state index < -0.39 is 0 Å². The van der Waals surface area contributed by atoms with E-state index in [2.05, 4.69) is 10.3 Å². The molecule has 0 spiro atoms. The van der Waals surface area contributed by atoms with Gasteiger partial charge >= 0.3 is 0 Å². The van der Waals surface area contributed by atoms with Crippen molar-refractivity contribution < 1.29 is 19.0 Å². The Bertz CT molecular complexity index is 1160. The highest BCUT2D eigenvalue weighted by Gasteiger charge is 2.20. The van der Waals surface area contributed by atoms with Gasteiger partial charge in [-0.2, -0.15) is 0 Å². The van der Waals surface area contributed by atoms with Crippen molar-refractivity contribution in [3.63, 3.8) is 0 Å². The van der Waals surface area contributed by atoms with Gasteiger partial charge in [0.05, 0.1) is 33.0 Å². The average Bonchev–Trinajstić information content (AvgIpc) is 3.17. The Labute approximate surface area is 183 Å². The largest absolute Gasteiger partial charge is 0.493 e. The molecule has 0 unspecified atom stereocenters. The summed E-state index contributed by atoms with van der Waals surface area (Å²) in [5.74, 6) is 1.12. The van der Waals surface area contributed by atoms with Crippen LogP contribution in [-0.4, -0.2) is 36.8 Å². The van der Waals surface area contributed by atoms with E-state index in [1.807, 2.05) is 0 Å². The molecule has 0 atom stereocenters. The van der Waals surface area contributed by atoms with E-state index in [9.17, 15) is 9.59 Å². The molecule has 31 heavy (non-hydrogen) atoms. The lowest BCUT2D eigenvalue weighted by molar-refractivity contribution is -0.116. The number of aryl methyl sites for hydroxylation is 3. The van der Waals surface area contributed by atoms with E-state index in [4.69, 9.17) is 14.2 Å². The number of rotatable bonds is 7. The topological polar surface area (TPSA) is 91.7 Å². The fourth-order valence-corrected chi connectivity index (χ4v) is 5.16. The van der Waals surface area contributed by atoms with Gasteiger partial charge < -0.3 is 19.5 Å². The molecule has 1 aliphatic rings. The van der Waals surface area contributed by atoms with Gasteiger partial charge in [0.2, 0.25) is 11.7 Å². The molecule has 0 radical (unpaired) electrons. The first-order valence-corrected chi connectivity index (χ1v) is 11.0. The first kappa shape index (κ1) is 21.2. The molecule has 164 valence electrons. The maximum absolute atomic E-state index is 13.0. The summed E-state index contributed by atoms with van der Waals surface area (Å²) in [6, 6.07) is 3.33. The van der Waals surface area contributed by atoms with Crippen LogP contribution in [0.25, 0.3) is 10.2 Å². The van der Waals surface area contributed by atoms with Gasteiger partial charge in [-0.3, -0.25) is 14.2 Å². The number of nitrogens with one attached hydrogen (secondary N) is 1. The second-order valence-electron chi connectivity index (χ2n) is 7.35. The summed E-state index contributed by atoms with van der Waals surface area (Å²) in [6.45, 7) is 0.253. The Balaban J connectivity index is 1.50. The Morgan fingerprint density at radius 2 is 1.84 bits per heavy atom. The fourth-order valence-electron chi connectivity index (χ4n) is 3.94. The second-order valence-corrected chi connectivity index (χ2v) is 8.43. The summed E-state index contributed by atoms with van der Waals surface area (Å²) >= 11 is 1.62. The predicted molar refractivity (Wildman–Crippen MR) is 120 cm³/mol. The standard InChI is InChI=1S/C22H25N3O5S/c1-28-15-10-13(11-16(29-2)20(15)30-3)24-18(26)8-9-25-12-23-21-19(22(25)27)14-6-4-5-7-17(14)31-21/h10-12H,4-9H2,1-3H3,(H,24,26). The first-order chi connectivity index (χ1) is 15.0. The third kappa shape index (κ3) is 4.10. The number of amides is 1. The fraction of sp³-hybridized carbons (Fsp3) is 0.409. The highest BCUT2D eigenvalue weighted by molar-refractivity contribution is 7.18. The van der Waals surface area contributed by atoms with E-state index in [1.165, 1.54) is 30.8 Å². The minimum atomic E-state index is -0.228. The smallest absolute Gasteiger partial charge is 0.262 e. The van der Waals surface area contributed by atoms with Crippen molar-refractivity contribution in [1.29, 1.82) is 0 Å². The number of nitrogens with zero attached hydrogens (tertiary/aromatic N) is 2. The van der Waals surface area contributed by atoms with Gasteiger partial charge in [-0.05, 0) is 31.2 Å². The lowest BCUT2D eigenvalue weighted by Crippen LogP contribution is -2.24. The van der Waals surface area contributed by atoms with Crippen molar-refractivity contribution in [3.05, 3.63) is 39.3 Å². The van der Waals surface area contributed by atoms with Crippen LogP contribution in [0.15, 0.2) is 23.3 Å². The quantitative estimate of drug-likeness (QED) is 0.602. The number of thiophene rings is 1. The number of carbonyl (C=O) groups is 1. The SMILES string of the molecule is COc1cc(NC(=O)CCn2cnc3sc4c(c3c2=O)CCCC4)cc(OC)c1OC. The van der Waals surface area contributed by atoms with Crippen molar-refractivity contribution in [2.45, 2.75) is 38.6 Å². The molecular formula is C22H25N3O5S. The molecule has 3 aromatic rings. The number of aromatic nitrogens is 2. The van der Waals surface area contributed by atoms with Gasteiger partial charge in [-0.25, -0.2) is 4.98 Å². The molecule has 9 heteroatoms.